The topological polar surface area (TPSA) is 89.3 Å². The van der Waals surface area contributed by atoms with Gasteiger partial charge in [-0.15, -0.1) is 11.3 Å². The summed E-state index contributed by atoms with van der Waals surface area (Å²) in [6, 6.07) is 0. The molecule has 0 spiro atoms. The number of thiazole rings is 1. The lowest BCUT2D eigenvalue weighted by Crippen LogP contribution is -2.19. The molecule has 16 heavy (non-hydrogen) atoms. The van der Waals surface area contributed by atoms with Crippen molar-refractivity contribution in [2.45, 2.75) is 13.5 Å². The van der Waals surface area contributed by atoms with Crippen LogP contribution in [-0.2, 0) is 6.54 Å². The van der Waals surface area contributed by atoms with Crippen LogP contribution in [0.3, 0.4) is 0 Å². The number of aromatic nitrogens is 3. The molecule has 0 aromatic carbocycles. The monoisotopic (exact) mass is 237 g/mol. The molecule has 2 aromatic heterocycles. The summed E-state index contributed by atoms with van der Waals surface area (Å²) < 4.78 is 1.78. The minimum absolute atomic E-state index is 0.00282. The average Bonchev–Trinajstić information content (AvgIpc) is 2.87. The van der Waals surface area contributed by atoms with E-state index in [0.29, 0.717) is 12.4 Å². The van der Waals surface area contributed by atoms with Crippen molar-refractivity contribution in [2.75, 3.05) is 0 Å². The number of nitrogens with zero attached hydrogens (tertiary/aromatic N) is 4. The standard InChI is InChI=1S/C9H11N5OS/c1-6-12-7(5-16-6)4-14-3-2-11-9(14)8(10)13-15/h2-3,5,15H,4H2,1H3,(H2,10,13). The van der Waals surface area contributed by atoms with E-state index in [0.717, 1.165) is 10.7 Å². The quantitative estimate of drug-likeness (QED) is 0.357. The molecular weight excluding hydrogens is 226 g/mol. The molecule has 0 aliphatic heterocycles. The SMILES string of the molecule is Cc1nc(Cn2ccnc2C(N)=NO)cs1. The van der Waals surface area contributed by atoms with Crippen molar-refractivity contribution in [3.8, 4) is 0 Å². The van der Waals surface area contributed by atoms with Crippen molar-refractivity contribution >= 4 is 17.2 Å². The van der Waals surface area contributed by atoms with Crippen LogP contribution >= 0.6 is 11.3 Å². The first-order chi connectivity index (χ1) is 7.70. The van der Waals surface area contributed by atoms with E-state index in [-0.39, 0.29) is 5.84 Å². The molecule has 2 heterocycles. The van der Waals surface area contributed by atoms with Gasteiger partial charge in [0.15, 0.2) is 5.82 Å². The highest BCUT2D eigenvalue weighted by atomic mass is 32.1. The first kappa shape index (κ1) is 10.6. The van der Waals surface area contributed by atoms with Gasteiger partial charge in [-0.2, -0.15) is 0 Å². The minimum atomic E-state index is -0.00282. The molecule has 0 fully saturated rings. The Bertz CT molecular complexity index is 515. The minimum Gasteiger partial charge on any atom is -0.409 e. The van der Waals surface area contributed by atoms with Crippen LogP contribution < -0.4 is 5.73 Å². The fourth-order valence-corrected chi connectivity index (χ4v) is 1.97. The van der Waals surface area contributed by atoms with Gasteiger partial charge in [0.05, 0.1) is 17.2 Å². The number of oxime groups is 1. The van der Waals surface area contributed by atoms with Gasteiger partial charge in [-0.3, -0.25) is 0 Å². The zero-order chi connectivity index (χ0) is 11.5. The van der Waals surface area contributed by atoms with E-state index in [9.17, 15) is 0 Å². The molecule has 0 saturated heterocycles. The fraction of sp³-hybridized carbons (Fsp3) is 0.222. The second-order valence-electron chi connectivity index (χ2n) is 3.22. The maximum atomic E-state index is 8.60. The maximum absolute atomic E-state index is 8.60. The van der Waals surface area contributed by atoms with E-state index in [1.54, 1.807) is 28.3 Å². The van der Waals surface area contributed by atoms with E-state index in [2.05, 4.69) is 15.1 Å². The van der Waals surface area contributed by atoms with Crippen LogP contribution in [0.2, 0.25) is 0 Å². The molecule has 84 valence electrons. The van der Waals surface area contributed by atoms with Gasteiger partial charge in [-0.25, -0.2) is 9.97 Å². The summed E-state index contributed by atoms with van der Waals surface area (Å²) in [6.07, 6.45) is 3.37. The van der Waals surface area contributed by atoms with E-state index < -0.39 is 0 Å². The second kappa shape index (κ2) is 4.31. The van der Waals surface area contributed by atoms with E-state index in [4.69, 9.17) is 10.9 Å². The number of hydrogen-bond acceptors (Lipinski definition) is 5. The van der Waals surface area contributed by atoms with Gasteiger partial charge in [0.1, 0.15) is 0 Å². The normalized spacial score (nSPS) is 11.9. The van der Waals surface area contributed by atoms with E-state index in [1.165, 1.54) is 0 Å². The largest absolute Gasteiger partial charge is 0.409 e. The van der Waals surface area contributed by atoms with Crippen molar-refractivity contribution < 1.29 is 5.21 Å². The van der Waals surface area contributed by atoms with Gasteiger partial charge in [0.2, 0.25) is 5.84 Å². The molecule has 0 saturated carbocycles. The zero-order valence-electron chi connectivity index (χ0n) is 8.66. The maximum Gasteiger partial charge on any atom is 0.206 e. The summed E-state index contributed by atoms with van der Waals surface area (Å²) in [5, 5.41) is 14.5. The van der Waals surface area contributed by atoms with Crippen LogP contribution in [0.1, 0.15) is 16.5 Å². The van der Waals surface area contributed by atoms with Gasteiger partial charge >= 0.3 is 0 Å². The molecule has 2 rings (SSSR count). The molecule has 0 aliphatic carbocycles. The number of nitrogens with two attached hydrogens (primary N) is 1. The number of aryl methyl sites for hydroxylation is 1. The van der Waals surface area contributed by atoms with Crippen LogP contribution in [0.5, 0.6) is 0 Å². The molecule has 0 bridgehead atoms. The summed E-state index contributed by atoms with van der Waals surface area (Å²) >= 11 is 1.59. The first-order valence-corrected chi connectivity index (χ1v) is 5.48. The fourth-order valence-electron chi connectivity index (χ4n) is 1.37. The van der Waals surface area contributed by atoms with E-state index in [1.807, 2.05) is 12.3 Å². The molecule has 3 N–H and O–H groups in total. The lowest BCUT2D eigenvalue weighted by Gasteiger charge is -2.03. The van der Waals surface area contributed by atoms with Crippen molar-refractivity contribution in [3.05, 3.63) is 34.3 Å². The smallest absolute Gasteiger partial charge is 0.206 e. The Balaban J connectivity index is 2.25. The molecule has 6 nitrogen and oxygen atoms in total. The highest BCUT2D eigenvalue weighted by Crippen LogP contribution is 2.10. The van der Waals surface area contributed by atoms with Crippen LogP contribution in [0.15, 0.2) is 22.9 Å². The Hall–Kier alpha value is -1.89. The summed E-state index contributed by atoms with van der Waals surface area (Å²) in [5.41, 5.74) is 6.43. The molecule has 0 aliphatic rings. The third-order valence-corrected chi connectivity index (χ3v) is 2.87. The number of hydrogen-bond donors (Lipinski definition) is 2. The predicted molar refractivity (Wildman–Crippen MR) is 60.7 cm³/mol. The Labute approximate surface area is 96.1 Å². The van der Waals surface area contributed by atoms with Crippen molar-refractivity contribution in [1.82, 2.24) is 14.5 Å². The summed E-state index contributed by atoms with van der Waals surface area (Å²) in [7, 11) is 0. The van der Waals surface area contributed by atoms with E-state index >= 15 is 0 Å². The summed E-state index contributed by atoms with van der Waals surface area (Å²) in [5.74, 6) is 0.435. The predicted octanol–water partition coefficient (Wildman–Crippen LogP) is 0.791. The number of rotatable bonds is 3. The Kier molecular flexibility index (Phi) is 2.86. The van der Waals surface area contributed by atoms with Gasteiger partial charge < -0.3 is 15.5 Å². The molecule has 2 aromatic rings. The highest BCUT2D eigenvalue weighted by Gasteiger charge is 2.09. The Morgan fingerprint density at radius 2 is 2.50 bits per heavy atom. The third kappa shape index (κ3) is 2.03. The van der Waals surface area contributed by atoms with Gasteiger partial charge in [-0.1, -0.05) is 5.16 Å². The Morgan fingerprint density at radius 3 is 3.12 bits per heavy atom. The van der Waals surface area contributed by atoms with Crippen molar-refractivity contribution in [3.63, 3.8) is 0 Å². The van der Waals surface area contributed by atoms with Crippen LogP contribution in [0, 0.1) is 6.92 Å². The van der Waals surface area contributed by atoms with Gasteiger partial charge in [0.25, 0.3) is 0 Å². The van der Waals surface area contributed by atoms with Crippen LogP contribution in [0.25, 0.3) is 0 Å². The molecule has 0 amide bonds. The molecule has 0 atom stereocenters. The van der Waals surface area contributed by atoms with Crippen LogP contribution in [0.4, 0.5) is 0 Å². The lowest BCUT2D eigenvalue weighted by atomic mass is 10.4. The molecular formula is C9H11N5OS. The zero-order valence-corrected chi connectivity index (χ0v) is 9.48. The summed E-state index contributed by atoms with van der Waals surface area (Å²) in [6.45, 7) is 2.52. The highest BCUT2D eigenvalue weighted by molar-refractivity contribution is 7.09. The average molecular weight is 237 g/mol. The van der Waals surface area contributed by atoms with Crippen LogP contribution in [-0.4, -0.2) is 25.6 Å². The van der Waals surface area contributed by atoms with Crippen molar-refractivity contribution in [1.29, 1.82) is 0 Å². The number of amidine groups is 1. The Morgan fingerprint density at radius 1 is 1.69 bits per heavy atom. The number of imidazole rings is 1. The molecule has 0 unspecified atom stereocenters. The molecule has 7 heteroatoms. The third-order valence-electron chi connectivity index (χ3n) is 2.05. The summed E-state index contributed by atoms with van der Waals surface area (Å²) in [4.78, 5) is 8.35. The van der Waals surface area contributed by atoms with Crippen molar-refractivity contribution in [2.24, 2.45) is 10.9 Å². The van der Waals surface area contributed by atoms with Gasteiger partial charge in [-0.05, 0) is 6.92 Å². The second-order valence-corrected chi connectivity index (χ2v) is 4.28. The molecule has 0 radical (unpaired) electrons. The van der Waals surface area contributed by atoms with Gasteiger partial charge in [0, 0.05) is 17.8 Å². The lowest BCUT2D eigenvalue weighted by molar-refractivity contribution is 0.318. The first-order valence-electron chi connectivity index (χ1n) is 4.60.